The summed E-state index contributed by atoms with van der Waals surface area (Å²) in [5.74, 6) is 0.421. The van der Waals surface area contributed by atoms with Gasteiger partial charge in [-0.15, -0.1) is 0 Å². The quantitative estimate of drug-likeness (QED) is 0.705. The SMILES string of the molecule is C.CC(C)(C)OC(=O)N1CCC(C#N)C1.CC(C)(C)OC(=O)N1CCC(CN)C1. The third-order valence-electron chi connectivity index (χ3n) is 4.29. The van der Waals surface area contributed by atoms with Gasteiger partial charge in [-0.3, -0.25) is 0 Å². The molecule has 0 aliphatic carbocycles. The average Bonchev–Trinajstić information content (AvgIpc) is 3.21. The van der Waals surface area contributed by atoms with Crippen LogP contribution in [0.5, 0.6) is 0 Å². The zero-order valence-electron chi connectivity index (χ0n) is 18.2. The second kappa shape index (κ2) is 11.2. The van der Waals surface area contributed by atoms with Crippen molar-refractivity contribution in [2.45, 2.75) is 73.0 Å². The fourth-order valence-electron chi connectivity index (χ4n) is 2.88. The molecule has 2 aliphatic rings. The van der Waals surface area contributed by atoms with Gasteiger partial charge < -0.3 is 25.0 Å². The molecule has 2 rings (SSSR count). The maximum atomic E-state index is 11.6. The Hall–Kier alpha value is -2.01. The van der Waals surface area contributed by atoms with Gasteiger partial charge >= 0.3 is 12.2 Å². The molecule has 2 aliphatic heterocycles. The molecule has 2 heterocycles. The van der Waals surface area contributed by atoms with E-state index in [4.69, 9.17) is 20.5 Å². The first-order chi connectivity index (χ1) is 12.8. The van der Waals surface area contributed by atoms with Crippen LogP contribution in [0.3, 0.4) is 0 Å². The largest absolute Gasteiger partial charge is 0.444 e. The van der Waals surface area contributed by atoms with Gasteiger partial charge in [-0.2, -0.15) is 5.26 Å². The lowest BCUT2D eigenvalue weighted by molar-refractivity contribution is 0.0279. The molecule has 0 bridgehead atoms. The molecule has 0 saturated carbocycles. The van der Waals surface area contributed by atoms with Crippen LogP contribution in [0, 0.1) is 23.2 Å². The molecule has 2 amide bonds. The van der Waals surface area contributed by atoms with E-state index >= 15 is 0 Å². The van der Waals surface area contributed by atoms with Gasteiger partial charge in [-0.25, -0.2) is 9.59 Å². The molecule has 8 nitrogen and oxygen atoms in total. The molecular formula is C21H40N4O4. The topological polar surface area (TPSA) is 109 Å². The minimum atomic E-state index is -0.457. The van der Waals surface area contributed by atoms with Crippen molar-refractivity contribution in [3.63, 3.8) is 0 Å². The van der Waals surface area contributed by atoms with Gasteiger partial charge in [-0.1, -0.05) is 7.43 Å². The number of carbonyl (C=O) groups excluding carboxylic acids is 2. The molecule has 0 aromatic heterocycles. The van der Waals surface area contributed by atoms with Crippen molar-refractivity contribution < 1.29 is 19.1 Å². The van der Waals surface area contributed by atoms with Crippen LogP contribution in [-0.2, 0) is 9.47 Å². The van der Waals surface area contributed by atoms with Crippen molar-refractivity contribution >= 4 is 12.2 Å². The summed E-state index contributed by atoms with van der Waals surface area (Å²) in [6.07, 6.45) is 1.23. The number of carbonyl (C=O) groups is 2. The molecule has 2 atom stereocenters. The van der Waals surface area contributed by atoms with Crippen LogP contribution < -0.4 is 5.73 Å². The summed E-state index contributed by atoms with van der Waals surface area (Å²) in [5.41, 5.74) is 4.68. The first-order valence-electron chi connectivity index (χ1n) is 9.90. The summed E-state index contributed by atoms with van der Waals surface area (Å²) in [6.45, 7) is 14.4. The van der Waals surface area contributed by atoms with Crippen molar-refractivity contribution in [2.75, 3.05) is 32.7 Å². The first-order valence-corrected chi connectivity index (χ1v) is 9.90. The van der Waals surface area contributed by atoms with Crippen LogP contribution in [0.1, 0.15) is 61.8 Å². The second-order valence-corrected chi connectivity index (χ2v) is 9.36. The van der Waals surface area contributed by atoms with E-state index in [1.165, 1.54) is 0 Å². The number of hydrogen-bond acceptors (Lipinski definition) is 6. The van der Waals surface area contributed by atoms with E-state index in [2.05, 4.69) is 6.07 Å². The van der Waals surface area contributed by atoms with Crippen LogP contribution in [0.15, 0.2) is 0 Å². The summed E-state index contributed by atoms with van der Waals surface area (Å²) in [7, 11) is 0. The maximum Gasteiger partial charge on any atom is 0.410 e. The number of amides is 2. The first kappa shape index (κ1) is 27.0. The molecule has 2 unspecified atom stereocenters. The molecule has 2 N–H and O–H groups in total. The Morgan fingerprint density at radius 3 is 1.76 bits per heavy atom. The molecule has 0 aromatic rings. The number of rotatable bonds is 1. The van der Waals surface area contributed by atoms with Gasteiger partial charge in [0.05, 0.1) is 12.0 Å². The highest BCUT2D eigenvalue weighted by atomic mass is 16.6. The van der Waals surface area contributed by atoms with E-state index in [9.17, 15) is 9.59 Å². The molecule has 2 saturated heterocycles. The van der Waals surface area contributed by atoms with Crippen molar-refractivity contribution in [3.8, 4) is 6.07 Å². The summed E-state index contributed by atoms with van der Waals surface area (Å²) >= 11 is 0. The maximum absolute atomic E-state index is 11.6. The van der Waals surface area contributed by atoms with Gasteiger partial charge in [0.15, 0.2) is 0 Å². The Bertz CT molecular complexity index is 575. The van der Waals surface area contributed by atoms with Crippen molar-refractivity contribution in [3.05, 3.63) is 0 Å². The number of likely N-dealkylation sites (tertiary alicyclic amines) is 2. The fraction of sp³-hybridized carbons (Fsp3) is 0.857. The lowest BCUT2D eigenvalue weighted by atomic mass is 10.1. The highest BCUT2D eigenvalue weighted by molar-refractivity contribution is 5.69. The molecule has 0 spiro atoms. The zero-order chi connectivity index (χ0) is 21.5. The molecule has 168 valence electrons. The van der Waals surface area contributed by atoms with Crippen LogP contribution >= 0.6 is 0 Å². The number of hydrogen-bond donors (Lipinski definition) is 1. The minimum absolute atomic E-state index is 0. The summed E-state index contributed by atoms with van der Waals surface area (Å²) < 4.78 is 10.5. The highest BCUT2D eigenvalue weighted by Gasteiger charge is 2.30. The average molecular weight is 413 g/mol. The van der Waals surface area contributed by atoms with Gasteiger partial charge in [0.1, 0.15) is 11.2 Å². The van der Waals surface area contributed by atoms with Crippen LogP contribution in [-0.4, -0.2) is 65.9 Å². The third kappa shape index (κ3) is 10.4. The number of nitrogens with two attached hydrogens (primary N) is 1. The van der Waals surface area contributed by atoms with E-state index in [1.54, 1.807) is 9.80 Å². The lowest BCUT2D eigenvalue weighted by Crippen LogP contribution is -2.35. The van der Waals surface area contributed by atoms with E-state index in [0.717, 1.165) is 25.9 Å². The highest BCUT2D eigenvalue weighted by Crippen LogP contribution is 2.19. The normalized spacial score (nSPS) is 21.4. The minimum Gasteiger partial charge on any atom is -0.444 e. The van der Waals surface area contributed by atoms with Crippen LogP contribution in [0.2, 0.25) is 0 Å². The molecule has 29 heavy (non-hydrogen) atoms. The number of nitriles is 1. The van der Waals surface area contributed by atoms with E-state index < -0.39 is 11.2 Å². The van der Waals surface area contributed by atoms with Crippen LogP contribution in [0.25, 0.3) is 0 Å². The summed E-state index contributed by atoms with van der Waals surface area (Å²) in [6, 6.07) is 2.16. The second-order valence-electron chi connectivity index (χ2n) is 9.36. The smallest absolute Gasteiger partial charge is 0.410 e. The Labute approximate surface area is 176 Å². The van der Waals surface area contributed by atoms with Gasteiger partial charge in [0.25, 0.3) is 0 Å². The van der Waals surface area contributed by atoms with Gasteiger partial charge in [-0.05, 0) is 66.8 Å². The Kier molecular flexibility index (Phi) is 10.5. The van der Waals surface area contributed by atoms with Gasteiger partial charge in [0, 0.05) is 26.2 Å². The summed E-state index contributed by atoms with van der Waals surface area (Å²) in [5, 5.41) is 8.67. The van der Waals surface area contributed by atoms with Crippen molar-refractivity contribution in [2.24, 2.45) is 17.6 Å². The molecule has 0 radical (unpaired) electrons. The molecule has 8 heteroatoms. The van der Waals surface area contributed by atoms with Gasteiger partial charge in [0.2, 0.25) is 0 Å². The van der Waals surface area contributed by atoms with E-state index in [0.29, 0.717) is 25.6 Å². The lowest BCUT2D eigenvalue weighted by Gasteiger charge is -2.24. The predicted octanol–water partition coefficient (Wildman–Crippen LogP) is 3.61. The standard InChI is InChI=1S/C10H20N2O2.C10H16N2O2.CH4/c2*1-10(2,3)14-9(13)12-5-4-8(6-11)7-12;/h8H,4-7,11H2,1-3H3;8H,4-5,7H2,1-3H3;1H4. The monoisotopic (exact) mass is 412 g/mol. The number of ether oxygens (including phenoxy) is 2. The van der Waals surface area contributed by atoms with E-state index in [1.807, 2.05) is 41.5 Å². The van der Waals surface area contributed by atoms with Crippen molar-refractivity contribution in [1.29, 1.82) is 5.26 Å². The Balaban J connectivity index is 0.000000523. The fourth-order valence-corrected chi connectivity index (χ4v) is 2.88. The van der Waals surface area contributed by atoms with Crippen LogP contribution in [0.4, 0.5) is 9.59 Å². The molecule has 0 aromatic carbocycles. The third-order valence-corrected chi connectivity index (χ3v) is 4.29. The zero-order valence-corrected chi connectivity index (χ0v) is 18.2. The Morgan fingerprint density at radius 2 is 1.41 bits per heavy atom. The van der Waals surface area contributed by atoms with Crippen molar-refractivity contribution in [1.82, 2.24) is 9.80 Å². The molecular weight excluding hydrogens is 372 g/mol. The number of nitrogens with zero attached hydrogens (tertiary/aromatic N) is 3. The van der Waals surface area contributed by atoms with E-state index in [-0.39, 0.29) is 25.5 Å². The predicted molar refractivity (Wildman–Crippen MR) is 113 cm³/mol. The summed E-state index contributed by atoms with van der Waals surface area (Å²) in [4.78, 5) is 26.4. The molecule has 2 fully saturated rings. The Morgan fingerprint density at radius 1 is 0.966 bits per heavy atom.